The fourth-order valence-electron chi connectivity index (χ4n) is 5.57. The Morgan fingerprint density at radius 2 is 1.53 bits per heavy atom. The zero-order valence-electron chi connectivity index (χ0n) is 29.5. The van der Waals surface area contributed by atoms with Gasteiger partial charge in [-0.25, -0.2) is 9.78 Å². The molecule has 1 aliphatic rings. The molecule has 1 aromatic heterocycles. The lowest BCUT2D eigenvalue weighted by Crippen LogP contribution is -2.47. The second-order valence-electron chi connectivity index (χ2n) is 16.2. The summed E-state index contributed by atoms with van der Waals surface area (Å²) in [5, 5.41) is 4.01. The number of nitrogens with one attached hydrogen (secondary N) is 1. The Morgan fingerprint density at radius 3 is 2.09 bits per heavy atom. The van der Waals surface area contributed by atoms with Crippen molar-refractivity contribution in [2.45, 2.75) is 105 Å². The molecule has 4 rings (SSSR count). The van der Waals surface area contributed by atoms with E-state index in [4.69, 9.17) is 14.1 Å². The van der Waals surface area contributed by atoms with Crippen molar-refractivity contribution in [2.24, 2.45) is 11.3 Å². The number of imidazole rings is 1. The van der Waals surface area contributed by atoms with E-state index in [1.54, 1.807) is 0 Å². The van der Waals surface area contributed by atoms with Crippen LogP contribution in [0.5, 0.6) is 0 Å². The number of hydrogen-bond acceptors (Lipinski definition) is 5. The van der Waals surface area contributed by atoms with E-state index >= 15 is 0 Å². The van der Waals surface area contributed by atoms with Crippen LogP contribution in [-0.2, 0) is 15.7 Å². The van der Waals surface area contributed by atoms with E-state index in [9.17, 15) is 4.79 Å². The molecule has 1 aliphatic heterocycles. The van der Waals surface area contributed by atoms with Gasteiger partial charge in [-0.2, -0.15) is 0 Å². The normalized spacial score (nSPS) is 18.7. The van der Waals surface area contributed by atoms with Crippen molar-refractivity contribution in [3.8, 4) is 11.3 Å². The van der Waals surface area contributed by atoms with Crippen LogP contribution in [0, 0.1) is 11.3 Å². The summed E-state index contributed by atoms with van der Waals surface area (Å²) in [5.74, 6) is 1.12. The van der Waals surface area contributed by atoms with E-state index in [1.165, 1.54) is 5.56 Å². The molecule has 0 unspecified atom stereocenters. The first-order valence-corrected chi connectivity index (χ1v) is 19.3. The molecule has 8 heteroatoms. The number of carbonyl (C=O) groups is 1. The second kappa shape index (κ2) is 13.4. The van der Waals surface area contributed by atoms with Gasteiger partial charge in [0.05, 0.1) is 17.8 Å². The maximum absolute atomic E-state index is 13.2. The molecule has 2 heterocycles. The highest BCUT2D eigenvalue weighted by atomic mass is 28.4. The summed E-state index contributed by atoms with van der Waals surface area (Å²) in [4.78, 5) is 20.3. The number of amides is 1. The average Bonchev–Trinajstić information content (AvgIpc) is 3.52. The summed E-state index contributed by atoms with van der Waals surface area (Å²) in [7, 11) is -2.09. The number of ether oxygens (including phenoxy) is 1. The number of hydrogen-bond donors (Lipinski definition) is 1. The first kappa shape index (κ1) is 34.9. The maximum atomic E-state index is 13.2. The number of nitrogens with zero attached hydrogens (tertiary/aromatic N) is 3. The molecule has 3 atom stereocenters. The quantitative estimate of drug-likeness (QED) is 0.240. The van der Waals surface area contributed by atoms with Crippen molar-refractivity contribution in [1.29, 1.82) is 0 Å². The number of likely N-dealkylation sites (tertiary alicyclic amines) is 1. The lowest BCUT2D eigenvalue weighted by molar-refractivity contribution is 0.0272. The molecule has 246 valence electrons. The van der Waals surface area contributed by atoms with Crippen LogP contribution in [0.2, 0.25) is 18.1 Å². The topological polar surface area (TPSA) is 68.6 Å². The number of aromatic nitrogens is 2. The van der Waals surface area contributed by atoms with Gasteiger partial charge in [0.25, 0.3) is 0 Å². The number of carbonyl (C=O) groups excluding carboxylic acids is 1. The lowest BCUT2D eigenvalue weighted by Gasteiger charge is -2.40. The highest BCUT2D eigenvalue weighted by molar-refractivity contribution is 6.74. The standard InChI is InChI=1S/C37H56N4O3Si/c1-35(2,3)32(33-39-30(28-20-16-13-17-21-28)25-40(33)23-27-18-14-12-15-19-27)38-22-29-24-41(34(42)43-36(4,5)6)26-31(29)44-45(10,11)37(7,8)9/h12-21,25,29,31-32,38H,22-24,26H2,1-11H3/t29-,31-,32-/m0/s1. The molecule has 0 aliphatic carbocycles. The van der Waals surface area contributed by atoms with Crippen LogP contribution in [0.15, 0.2) is 66.9 Å². The van der Waals surface area contributed by atoms with E-state index in [0.717, 1.165) is 23.6 Å². The summed E-state index contributed by atoms with van der Waals surface area (Å²) in [6.45, 7) is 26.5. The van der Waals surface area contributed by atoms with Gasteiger partial charge < -0.3 is 23.9 Å². The van der Waals surface area contributed by atoms with Gasteiger partial charge in [-0.1, -0.05) is 102 Å². The SMILES string of the molecule is CC(C)(C)OC(=O)N1C[C@H](CN[C@@H](c2nc(-c3ccccc3)cn2Cc2ccccc2)C(C)(C)C)[C@@H](O[Si](C)(C)C(C)(C)C)C1. The molecule has 1 saturated heterocycles. The fourth-order valence-corrected chi connectivity index (χ4v) is 6.95. The Hall–Kier alpha value is -2.94. The van der Waals surface area contributed by atoms with Gasteiger partial charge >= 0.3 is 6.09 Å². The van der Waals surface area contributed by atoms with Crippen LogP contribution in [0.4, 0.5) is 4.79 Å². The molecule has 0 bridgehead atoms. The first-order valence-electron chi connectivity index (χ1n) is 16.4. The van der Waals surface area contributed by atoms with Crippen molar-refractivity contribution < 1.29 is 14.0 Å². The van der Waals surface area contributed by atoms with Gasteiger partial charge in [0, 0.05) is 43.9 Å². The van der Waals surface area contributed by atoms with Crippen molar-refractivity contribution in [3.05, 3.63) is 78.2 Å². The molecule has 0 saturated carbocycles. The van der Waals surface area contributed by atoms with Gasteiger partial charge in [0.1, 0.15) is 11.4 Å². The molecule has 45 heavy (non-hydrogen) atoms. The summed E-state index contributed by atoms with van der Waals surface area (Å²) < 4.78 is 15.1. The molecule has 0 radical (unpaired) electrons. The van der Waals surface area contributed by atoms with Crippen molar-refractivity contribution in [2.75, 3.05) is 19.6 Å². The van der Waals surface area contributed by atoms with E-state index < -0.39 is 13.9 Å². The van der Waals surface area contributed by atoms with Gasteiger partial charge in [-0.15, -0.1) is 0 Å². The average molecular weight is 633 g/mol. The van der Waals surface area contributed by atoms with Gasteiger partial charge in [0.15, 0.2) is 8.32 Å². The Bertz CT molecular complexity index is 1400. The van der Waals surface area contributed by atoms with Gasteiger partial charge in [0.2, 0.25) is 0 Å². The highest BCUT2D eigenvalue weighted by Gasteiger charge is 2.45. The Labute approximate surface area is 272 Å². The third-order valence-corrected chi connectivity index (χ3v) is 13.6. The lowest BCUT2D eigenvalue weighted by atomic mass is 9.85. The Morgan fingerprint density at radius 1 is 0.933 bits per heavy atom. The zero-order chi connectivity index (χ0) is 33.2. The van der Waals surface area contributed by atoms with Crippen LogP contribution < -0.4 is 5.32 Å². The summed E-state index contributed by atoms with van der Waals surface area (Å²) in [5.41, 5.74) is 2.62. The monoisotopic (exact) mass is 632 g/mol. The van der Waals surface area contributed by atoms with Crippen LogP contribution in [0.1, 0.15) is 79.7 Å². The predicted octanol–water partition coefficient (Wildman–Crippen LogP) is 8.53. The zero-order valence-corrected chi connectivity index (χ0v) is 30.5. The van der Waals surface area contributed by atoms with Gasteiger partial charge in [-0.05, 0) is 49.9 Å². The summed E-state index contributed by atoms with van der Waals surface area (Å²) in [6, 6.07) is 20.9. The van der Waals surface area contributed by atoms with E-state index in [1.807, 2.05) is 31.7 Å². The molecule has 2 aromatic carbocycles. The van der Waals surface area contributed by atoms with Crippen molar-refractivity contribution in [3.63, 3.8) is 0 Å². The summed E-state index contributed by atoms with van der Waals surface area (Å²) in [6.07, 6.45) is 1.84. The predicted molar refractivity (Wildman–Crippen MR) is 187 cm³/mol. The van der Waals surface area contributed by atoms with Crippen LogP contribution in [0.25, 0.3) is 11.3 Å². The maximum Gasteiger partial charge on any atom is 0.410 e. The smallest absolute Gasteiger partial charge is 0.410 e. The highest BCUT2D eigenvalue weighted by Crippen LogP contribution is 2.40. The molecule has 7 nitrogen and oxygen atoms in total. The summed E-state index contributed by atoms with van der Waals surface area (Å²) >= 11 is 0. The van der Waals surface area contributed by atoms with Gasteiger partial charge in [-0.3, -0.25) is 0 Å². The first-order chi connectivity index (χ1) is 20.8. The third kappa shape index (κ3) is 9.08. The molecular weight excluding hydrogens is 577 g/mol. The second-order valence-corrected chi connectivity index (χ2v) is 21.0. The van der Waals surface area contributed by atoms with Crippen LogP contribution in [-0.4, -0.2) is 60.2 Å². The largest absolute Gasteiger partial charge is 0.444 e. The third-order valence-electron chi connectivity index (χ3n) is 9.07. The van der Waals surface area contributed by atoms with E-state index in [2.05, 4.69) is 125 Å². The molecule has 3 aromatic rings. The molecular formula is C37H56N4O3Si. The van der Waals surface area contributed by atoms with E-state index in [-0.39, 0.29) is 34.6 Å². The van der Waals surface area contributed by atoms with Crippen LogP contribution in [0.3, 0.4) is 0 Å². The molecule has 1 N–H and O–H groups in total. The Balaban J connectivity index is 1.65. The number of rotatable bonds is 9. The Kier molecular flexibility index (Phi) is 10.4. The molecule has 1 fully saturated rings. The minimum atomic E-state index is -2.09. The van der Waals surface area contributed by atoms with Crippen LogP contribution >= 0.6 is 0 Å². The molecule has 0 spiro atoms. The van der Waals surface area contributed by atoms with Crippen molar-refractivity contribution in [1.82, 2.24) is 19.8 Å². The molecule has 1 amide bonds. The van der Waals surface area contributed by atoms with E-state index in [0.29, 0.717) is 19.6 Å². The number of benzene rings is 2. The minimum Gasteiger partial charge on any atom is -0.444 e. The minimum absolute atomic E-state index is 0.0391. The fraction of sp³-hybridized carbons (Fsp3) is 0.568. The van der Waals surface area contributed by atoms with Crippen molar-refractivity contribution >= 4 is 14.4 Å².